The Morgan fingerprint density at radius 1 is 1.38 bits per heavy atom. The second-order valence-corrected chi connectivity index (χ2v) is 4.54. The van der Waals surface area contributed by atoms with Crippen LogP contribution in [-0.2, 0) is 0 Å². The van der Waals surface area contributed by atoms with E-state index in [1.807, 2.05) is 12.1 Å². The Morgan fingerprint density at radius 2 is 2.06 bits per heavy atom. The molecule has 1 N–H and O–H groups in total. The Bertz CT molecular complexity index is 505. The second kappa shape index (κ2) is 4.65. The van der Waals surface area contributed by atoms with Gasteiger partial charge in [0.25, 0.3) is 5.91 Å². The van der Waals surface area contributed by atoms with E-state index in [0.29, 0.717) is 11.4 Å². The minimum absolute atomic E-state index is 0.201. The fourth-order valence-corrected chi connectivity index (χ4v) is 1.57. The van der Waals surface area contributed by atoms with E-state index in [2.05, 4.69) is 33.1 Å². The molecule has 16 heavy (non-hydrogen) atoms. The van der Waals surface area contributed by atoms with E-state index in [4.69, 9.17) is 4.52 Å². The van der Waals surface area contributed by atoms with E-state index in [1.54, 1.807) is 25.1 Å². The van der Waals surface area contributed by atoms with E-state index in [9.17, 15) is 4.79 Å². The molecule has 0 aliphatic carbocycles. The van der Waals surface area contributed by atoms with Crippen LogP contribution < -0.4 is 5.32 Å². The maximum atomic E-state index is 11.7. The molecule has 0 atom stereocenters. The molecule has 2 aromatic rings. The van der Waals surface area contributed by atoms with Crippen LogP contribution in [-0.4, -0.2) is 11.1 Å². The minimum Gasteiger partial charge on any atom is -0.338 e. The van der Waals surface area contributed by atoms with Crippen LogP contribution in [0.1, 0.15) is 16.1 Å². The summed E-state index contributed by atoms with van der Waals surface area (Å²) in [6.07, 6.45) is 0. The van der Waals surface area contributed by atoms with Crippen molar-refractivity contribution in [2.24, 2.45) is 0 Å². The highest BCUT2D eigenvalue weighted by Gasteiger charge is 2.08. The molecule has 0 bridgehead atoms. The van der Waals surface area contributed by atoms with Crippen molar-refractivity contribution in [3.63, 3.8) is 0 Å². The van der Waals surface area contributed by atoms with Gasteiger partial charge in [-0.15, -0.1) is 0 Å². The number of halogens is 1. The summed E-state index contributed by atoms with van der Waals surface area (Å²) in [6.45, 7) is 1.80. The van der Waals surface area contributed by atoms with Crippen LogP contribution in [0.2, 0.25) is 0 Å². The highest BCUT2D eigenvalue weighted by Crippen LogP contribution is 2.12. The van der Waals surface area contributed by atoms with Crippen LogP contribution in [0.4, 0.5) is 5.88 Å². The summed E-state index contributed by atoms with van der Waals surface area (Å²) in [4.78, 5) is 11.7. The molecule has 2 rings (SSSR count). The molecule has 1 aromatic carbocycles. The lowest BCUT2D eigenvalue weighted by molar-refractivity contribution is 0.102. The first kappa shape index (κ1) is 11.1. The third kappa shape index (κ3) is 2.60. The van der Waals surface area contributed by atoms with Gasteiger partial charge in [0.15, 0.2) is 0 Å². The van der Waals surface area contributed by atoms with Gasteiger partial charge in [0, 0.05) is 15.2 Å². The number of carbonyl (C=O) groups excluding carboxylic acids is 1. The average molecular weight is 328 g/mol. The van der Waals surface area contributed by atoms with E-state index >= 15 is 0 Å². The van der Waals surface area contributed by atoms with Crippen LogP contribution >= 0.6 is 22.6 Å². The Kier molecular flexibility index (Phi) is 3.23. The van der Waals surface area contributed by atoms with Gasteiger partial charge in [-0.3, -0.25) is 10.1 Å². The molecule has 82 valence electrons. The van der Waals surface area contributed by atoms with Gasteiger partial charge >= 0.3 is 0 Å². The number of benzene rings is 1. The van der Waals surface area contributed by atoms with Gasteiger partial charge in [-0.05, 0) is 53.8 Å². The van der Waals surface area contributed by atoms with E-state index < -0.39 is 0 Å². The number of nitrogens with zero attached hydrogens (tertiary/aromatic N) is 1. The summed E-state index contributed by atoms with van der Waals surface area (Å²) in [7, 11) is 0. The third-order valence-corrected chi connectivity index (χ3v) is 2.69. The number of hydrogen-bond acceptors (Lipinski definition) is 3. The Morgan fingerprint density at radius 3 is 2.62 bits per heavy atom. The summed E-state index contributed by atoms with van der Waals surface area (Å²) in [5, 5.41) is 6.31. The smallest absolute Gasteiger partial charge is 0.258 e. The number of amides is 1. The first-order chi connectivity index (χ1) is 7.65. The van der Waals surface area contributed by atoms with E-state index in [1.165, 1.54) is 0 Å². The average Bonchev–Trinajstić information content (AvgIpc) is 2.65. The normalized spacial score (nSPS) is 10.1. The zero-order chi connectivity index (χ0) is 11.5. The van der Waals surface area contributed by atoms with Crippen molar-refractivity contribution in [1.82, 2.24) is 5.16 Å². The van der Waals surface area contributed by atoms with Gasteiger partial charge in [-0.25, -0.2) is 0 Å². The van der Waals surface area contributed by atoms with Gasteiger partial charge in [0.2, 0.25) is 5.88 Å². The standard InChI is InChI=1S/C11H9IN2O2/c1-7-6-10(16-14-7)13-11(15)8-2-4-9(12)5-3-8/h2-6H,1H3,(H,13,15). The molecule has 0 spiro atoms. The zero-order valence-corrected chi connectivity index (χ0v) is 10.7. The molecule has 0 saturated heterocycles. The molecular formula is C11H9IN2O2. The number of aryl methyl sites for hydroxylation is 1. The highest BCUT2D eigenvalue weighted by atomic mass is 127. The molecule has 0 aliphatic heterocycles. The lowest BCUT2D eigenvalue weighted by atomic mass is 10.2. The summed E-state index contributed by atoms with van der Waals surface area (Å²) >= 11 is 2.19. The number of nitrogens with one attached hydrogen (secondary N) is 1. The summed E-state index contributed by atoms with van der Waals surface area (Å²) in [5.41, 5.74) is 1.33. The highest BCUT2D eigenvalue weighted by molar-refractivity contribution is 14.1. The Labute approximate surface area is 106 Å². The van der Waals surface area contributed by atoms with Crippen LogP contribution in [0.5, 0.6) is 0 Å². The molecule has 0 unspecified atom stereocenters. The topological polar surface area (TPSA) is 55.1 Å². The van der Waals surface area contributed by atoms with Crippen molar-refractivity contribution in [2.75, 3.05) is 5.32 Å². The maximum Gasteiger partial charge on any atom is 0.258 e. The molecule has 5 heteroatoms. The summed E-state index contributed by atoms with van der Waals surface area (Å²) < 4.78 is 5.98. The van der Waals surface area contributed by atoms with Crippen LogP contribution in [0.25, 0.3) is 0 Å². The molecule has 0 aliphatic rings. The predicted octanol–water partition coefficient (Wildman–Crippen LogP) is 2.84. The van der Waals surface area contributed by atoms with Crippen molar-refractivity contribution in [3.05, 3.63) is 45.2 Å². The summed E-state index contributed by atoms with van der Waals surface area (Å²) in [5.74, 6) is 0.161. The number of anilines is 1. The van der Waals surface area contributed by atoms with E-state index in [-0.39, 0.29) is 5.91 Å². The molecule has 0 radical (unpaired) electrons. The van der Waals surface area contributed by atoms with Gasteiger partial charge in [0.1, 0.15) is 0 Å². The van der Waals surface area contributed by atoms with Crippen molar-refractivity contribution >= 4 is 34.4 Å². The fraction of sp³-hybridized carbons (Fsp3) is 0.0909. The predicted molar refractivity (Wildman–Crippen MR) is 68.4 cm³/mol. The number of carbonyl (C=O) groups is 1. The van der Waals surface area contributed by atoms with E-state index in [0.717, 1.165) is 9.26 Å². The SMILES string of the molecule is Cc1cc(NC(=O)c2ccc(I)cc2)on1. The summed E-state index contributed by atoms with van der Waals surface area (Å²) in [6, 6.07) is 8.95. The Balaban J connectivity index is 2.11. The monoisotopic (exact) mass is 328 g/mol. The van der Waals surface area contributed by atoms with Crippen molar-refractivity contribution in [2.45, 2.75) is 6.92 Å². The first-order valence-corrected chi connectivity index (χ1v) is 5.73. The lowest BCUT2D eigenvalue weighted by Gasteiger charge is -2.00. The van der Waals surface area contributed by atoms with Gasteiger partial charge in [-0.1, -0.05) is 5.16 Å². The lowest BCUT2D eigenvalue weighted by Crippen LogP contribution is -2.11. The molecule has 1 heterocycles. The van der Waals surface area contributed by atoms with Crippen LogP contribution in [0.3, 0.4) is 0 Å². The molecule has 0 saturated carbocycles. The number of aromatic nitrogens is 1. The molecule has 0 fully saturated rings. The maximum absolute atomic E-state index is 11.7. The van der Waals surface area contributed by atoms with Gasteiger partial charge in [0.05, 0.1) is 5.69 Å². The quantitative estimate of drug-likeness (QED) is 0.863. The molecule has 1 amide bonds. The van der Waals surface area contributed by atoms with Gasteiger partial charge < -0.3 is 4.52 Å². The van der Waals surface area contributed by atoms with Crippen molar-refractivity contribution in [1.29, 1.82) is 0 Å². The van der Waals surface area contributed by atoms with Crippen LogP contribution in [0, 0.1) is 10.5 Å². The molecular weight excluding hydrogens is 319 g/mol. The van der Waals surface area contributed by atoms with Crippen molar-refractivity contribution in [3.8, 4) is 0 Å². The van der Waals surface area contributed by atoms with Crippen LogP contribution in [0.15, 0.2) is 34.9 Å². The largest absolute Gasteiger partial charge is 0.338 e. The van der Waals surface area contributed by atoms with Gasteiger partial charge in [-0.2, -0.15) is 0 Å². The minimum atomic E-state index is -0.201. The Hall–Kier alpha value is -1.37. The number of rotatable bonds is 2. The molecule has 4 nitrogen and oxygen atoms in total. The fourth-order valence-electron chi connectivity index (χ4n) is 1.21. The van der Waals surface area contributed by atoms with Crippen molar-refractivity contribution < 1.29 is 9.32 Å². The number of hydrogen-bond donors (Lipinski definition) is 1. The second-order valence-electron chi connectivity index (χ2n) is 3.29. The third-order valence-electron chi connectivity index (χ3n) is 1.97. The first-order valence-electron chi connectivity index (χ1n) is 4.65. The zero-order valence-electron chi connectivity index (χ0n) is 8.53. The molecule has 1 aromatic heterocycles.